The summed E-state index contributed by atoms with van der Waals surface area (Å²) in [4.78, 5) is 12.3. The summed E-state index contributed by atoms with van der Waals surface area (Å²) >= 11 is 11.7. The molecule has 0 bridgehead atoms. The van der Waals surface area contributed by atoms with E-state index in [1.165, 1.54) is 42.5 Å². The van der Waals surface area contributed by atoms with Crippen LogP contribution >= 0.6 is 23.2 Å². The summed E-state index contributed by atoms with van der Waals surface area (Å²) in [6.45, 7) is 3.61. The van der Waals surface area contributed by atoms with Crippen molar-refractivity contribution in [3.8, 4) is 0 Å². The molecule has 1 amide bonds. The fourth-order valence-electron chi connectivity index (χ4n) is 1.95. The summed E-state index contributed by atoms with van der Waals surface area (Å²) in [5.74, 6) is -0.415. The van der Waals surface area contributed by atoms with Gasteiger partial charge in [-0.1, -0.05) is 23.2 Å². The highest BCUT2D eigenvalue weighted by Crippen LogP contribution is 2.24. The summed E-state index contributed by atoms with van der Waals surface area (Å²) in [6.07, 6.45) is 0. The Morgan fingerprint density at radius 1 is 1.00 bits per heavy atom. The average molecular weight is 387 g/mol. The molecule has 0 saturated heterocycles. The molecule has 2 N–H and O–H groups in total. The second-order valence-corrected chi connectivity index (χ2v) is 7.93. The molecule has 0 unspecified atom stereocenters. The Morgan fingerprint density at radius 2 is 1.58 bits per heavy atom. The first-order chi connectivity index (χ1) is 11.2. The smallest absolute Gasteiger partial charge is 0.261 e. The largest absolute Gasteiger partial charge is 0.350 e. The zero-order valence-electron chi connectivity index (χ0n) is 13.0. The van der Waals surface area contributed by atoms with E-state index in [0.717, 1.165) is 0 Å². The van der Waals surface area contributed by atoms with Crippen molar-refractivity contribution in [3.63, 3.8) is 0 Å². The fraction of sp³-hybridized carbons (Fsp3) is 0.188. The average Bonchev–Trinajstić information content (AvgIpc) is 2.48. The number of sulfonamides is 1. The molecule has 24 heavy (non-hydrogen) atoms. The Bertz CT molecular complexity index is 850. The number of carbonyl (C=O) groups excluding carboxylic acids is 1. The van der Waals surface area contributed by atoms with Crippen LogP contribution in [-0.4, -0.2) is 20.4 Å². The zero-order valence-corrected chi connectivity index (χ0v) is 15.3. The quantitative estimate of drug-likeness (QED) is 0.816. The van der Waals surface area contributed by atoms with Crippen LogP contribution in [0.4, 0.5) is 5.69 Å². The molecule has 0 aliphatic heterocycles. The van der Waals surface area contributed by atoms with E-state index in [9.17, 15) is 13.2 Å². The first-order valence-corrected chi connectivity index (χ1v) is 9.32. The van der Waals surface area contributed by atoms with Crippen LogP contribution in [0.3, 0.4) is 0 Å². The molecule has 2 rings (SSSR count). The Hall–Kier alpha value is -1.76. The summed E-state index contributed by atoms with van der Waals surface area (Å²) in [6, 6.07) is 9.99. The van der Waals surface area contributed by atoms with Crippen molar-refractivity contribution in [1.82, 2.24) is 5.32 Å². The monoisotopic (exact) mass is 386 g/mol. The van der Waals surface area contributed by atoms with Gasteiger partial charge in [-0.25, -0.2) is 8.42 Å². The normalized spacial score (nSPS) is 11.4. The first kappa shape index (κ1) is 18.6. The molecule has 0 spiro atoms. The topological polar surface area (TPSA) is 75.3 Å². The van der Waals surface area contributed by atoms with E-state index >= 15 is 0 Å². The lowest BCUT2D eigenvalue weighted by molar-refractivity contribution is 0.0944. The molecule has 0 fully saturated rings. The van der Waals surface area contributed by atoms with Gasteiger partial charge in [-0.15, -0.1) is 0 Å². The van der Waals surface area contributed by atoms with Crippen LogP contribution in [0.2, 0.25) is 10.0 Å². The number of nitrogens with one attached hydrogen (secondary N) is 2. The number of carbonyl (C=O) groups is 1. The van der Waals surface area contributed by atoms with E-state index in [1.54, 1.807) is 13.8 Å². The van der Waals surface area contributed by atoms with E-state index in [2.05, 4.69) is 10.0 Å². The third kappa shape index (κ3) is 4.63. The number of rotatable bonds is 5. The van der Waals surface area contributed by atoms with Crippen LogP contribution in [0.25, 0.3) is 0 Å². The van der Waals surface area contributed by atoms with E-state index in [1.807, 2.05) is 0 Å². The van der Waals surface area contributed by atoms with Gasteiger partial charge in [0, 0.05) is 16.1 Å². The SMILES string of the molecule is CC(C)NC(=O)c1cc(Cl)ccc1NS(=O)(=O)c1ccc(Cl)cc1. The van der Waals surface area contributed by atoms with Crippen molar-refractivity contribution in [2.75, 3.05) is 4.72 Å². The van der Waals surface area contributed by atoms with Gasteiger partial charge in [-0.2, -0.15) is 0 Å². The standard InChI is InChI=1S/C16H16Cl2N2O3S/c1-10(2)19-16(21)14-9-12(18)5-8-15(14)20-24(22,23)13-6-3-11(17)4-7-13/h3-10,20H,1-2H3,(H,19,21). The third-order valence-electron chi connectivity index (χ3n) is 3.01. The summed E-state index contributed by atoms with van der Waals surface area (Å²) in [5.41, 5.74) is 0.293. The van der Waals surface area contributed by atoms with E-state index < -0.39 is 15.9 Å². The highest BCUT2D eigenvalue weighted by atomic mass is 35.5. The summed E-state index contributed by atoms with van der Waals surface area (Å²) < 4.78 is 27.4. The number of amides is 1. The minimum atomic E-state index is -3.86. The van der Waals surface area contributed by atoms with Crippen molar-refractivity contribution in [2.24, 2.45) is 0 Å². The molecule has 8 heteroatoms. The number of anilines is 1. The zero-order chi connectivity index (χ0) is 17.9. The van der Waals surface area contributed by atoms with Gasteiger partial charge >= 0.3 is 0 Å². The lowest BCUT2D eigenvalue weighted by Gasteiger charge is -2.14. The number of hydrogen-bond acceptors (Lipinski definition) is 3. The van der Waals surface area contributed by atoms with Crippen molar-refractivity contribution < 1.29 is 13.2 Å². The Labute approximate surface area is 151 Å². The molecule has 0 heterocycles. The van der Waals surface area contributed by atoms with Gasteiger partial charge in [-0.3, -0.25) is 9.52 Å². The molecule has 2 aromatic rings. The lowest BCUT2D eigenvalue weighted by atomic mass is 10.1. The van der Waals surface area contributed by atoms with Crippen LogP contribution < -0.4 is 10.0 Å². The van der Waals surface area contributed by atoms with Crippen LogP contribution in [0.5, 0.6) is 0 Å². The van der Waals surface area contributed by atoms with Crippen molar-refractivity contribution in [3.05, 3.63) is 58.1 Å². The predicted octanol–water partition coefficient (Wildman–Crippen LogP) is 3.93. The van der Waals surface area contributed by atoms with Crippen molar-refractivity contribution >= 4 is 44.8 Å². The molecule has 0 aliphatic carbocycles. The van der Waals surface area contributed by atoms with E-state index in [0.29, 0.717) is 10.0 Å². The van der Waals surface area contributed by atoms with Crippen molar-refractivity contribution in [1.29, 1.82) is 0 Å². The van der Waals surface area contributed by atoms with Gasteiger partial charge < -0.3 is 5.32 Å². The Morgan fingerprint density at radius 3 is 2.17 bits per heavy atom. The van der Waals surface area contributed by atoms with Gasteiger partial charge in [-0.05, 0) is 56.3 Å². The number of benzene rings is 2. The van der Waals surface area contributed by atoms with Crippen molar-refractivity contribution in [2.45, 2.75) is 24.8 Å². The predicted molar refractivity (Wildman–Crippen MR) is 96.3 cm³/mol. The molecule has 2 aromatic carbocycles. The van der Waals surface area contributed by atoms with Crippen LogP contribution in [0, 0.1) is 0 Å². The molecular weight excluding hydrogens is 371 g/mol. The molecule has 0 atom stereocenters. The van der Waals surface area contributed by atoms with E-state index in [-0.39, 0.29) is 22.2 Å². The molecule has 128 valence electrons. The lowest BCUT2D eigenvalue weighted by Crippen LogP contribution is -2.31. The Balaban J connectivity index is 2.38. The summed E-state index contributed by atoms with van der Waals surface area (Å²) in [5, 5.41) is 3.47. The maximum absolute atomic E-state index is 12.5. The minimum absolute atomic E-state index is 0.0390. The second-order valence-electron chi connectivity index (χ2n) is 5.38. The maximum Gasteiger partial charge on any atom is 0.261 e. The molecule has 0 aromatic heterocycles. The number of halogens is 2. The molecule has 0 radical (unpaired) electrons. The Kier molecular flexibility index (Phi) is 5.74. The van der Waals surface area contributed by atoms with E-state index in [4.69, 9.17) is 23.2 Å². The van der Waals surface area contributed by atoms with Gasteiger partial charge in [0.1, 0.15) is 0 Å². The number of hydrogen-bond donors (Lipinski definition) is 2. The van der Waals surface area contributed by atoms with Gasteiger partial charge in [0.25, 0.3) is 15.9 Å². The fourth-order valence-corrected chi connectivity index (χ4v) is 3.33. The highest BCUT2D eigenvalue weighted by Gasteiger charge is 2.19. The van der Waals surface area contributed by atoms with Crippen LogP contribution in [0.15, 0.2) is 47.4 Å². The van der Waals surface area contributed by atoms with Crippen LogP contribution in [-0.2, 0) is 10.0 Å². The van der Waals surface area contributed by atoms with Crippen LogP contribution in [0.1, 0.15) is 24.2 Å². The molecule has 0 saturated carbocycles. The minimum Gasteiger partial charge on any atom is -0.350 e. The van der Waals surface area contributed by atoms with Gasteiger partial charge in [0.2, 0.25) is 0 Å². The molecule has 0 aliphatic rings. The second kappa shape index (κ2) is 7.42. The highest BCUT2D eigenvalue weighted by molar-refractivity contribution is 7.92. The molecule has 5 nitrogen and oxygen atoms in total. The first-order valence-electron chi connectivity index (χ1n) is 7.08. The third-order valence-corrected chi connectivity index (χ3v) is 4.88. The maximum atomic E-state index is 12.5. The summed E-state index contributed by atoms with van der Waals surface area (Å²) in [7, 11) is -3.86. The van der Waals surface area contributed by atoms with Gasteiger partial charge in [0.05, 0.1) is 16.1 Å². The van der Waals surface area contributed by atoms with Gasteiger partial charge in [0.15, 0.2) is 0 Å². The molecular formula is C16H16Cl2N2O3S.